The number of para-hydroxylation sites is 3. The second-order valence-corrected chi connectivity index (χ2v) is 16.3. The first-order valence-electron chi connectivity index (χ1n) is 21.4. The average Bonchev–Trinajstić information content (AvgIpc) is 4.03. The van der Waals surface area contributed by atoms with Crippen LogP contribution in [0.4, 0.5) is 0 Å². The maximum Gasteiger partial charge on any atom is 0.167 e. The lowest BCUT2D eigenvalue weighted by molar-refractivity contribution is 0.667. The SMILES string of the molecule is C=CC=C1C(=C)C(C)=C(C=CC)C12c1ccccc1-c1c2ccc2c3ccccc3n(-c3cccc4c3oc3c(-c5nc(-c6ccccc6)nc(-c6ccccc6)n5)cccc34)c12. The van der Waals surface area contributed by atoms with Crippen LogP contribution in [-0.2, 0) is 5.41 Å². The topological polar surface area (TPSA) is 56.7 Å². The Hall–Kier alpha value is -8.15. The molecule has 0 saturated carbocycles. The molecule has 0 amide bonds. The Kier molecular flexibility index (Phi) is 8.12. The fourth-order valence-electron chi connectivity index (χ4n) is 10.5. The molecular weight excluding hydrogens is 769 g/mol. The third kappa shape index (κ3) is 5.08. The highest BCUT2D eigenvalue weighted by molar-refractivity contribution is 6.18. The van der Waals surface area contributed by atoms with Crippen LogP contribution >= 0.6 is 0 Å². The zero-order valence-corrected chi connectivity index (χ0v) is 34.9. The van der Waals surface area contributed by atoms with E-state index in [0.717, 1.165) is 66.5 Å². The standard InChI is InChI=1S/C58H40N4O/c1-5-19-45-35(3)36(4)46(20-6-2)58(45)47-30-15-13-26-43(47)51-48(58)34-33-40-39-25-14-16-31-49(39)62(52(40)51)50-32-18-28-42-41-27-17-29-44(53(41)63-54(42)50)57-60-55(37-21-9-7-10-22-37)59-56(61-57)38-23-11-8-12-24-38/h5-34H,1,3H2,2,4H3. The molecule has 298 valence electrons. The highest BCUT2D eigenvalue weighted by atomic mass is 16.3. The summed E-state index contributed by atoms with van der Waals surface area (Å²) < 4.78 is 9.65. The number of fused-ring (bicyclic) bond motifs is 12. The molecule has 10 aromatic rings. The molecule has 5 nitrogen and oxygen atoms in total. The van der Waals surface area contributed by atoms with Crippen LogP contribution in [-0.4, -0.2) is 19.5 Å². The molecule has 0 fully saturated rings. The van der Waals surface area contributed by atoms with Gasteiger partial charge in [-0.25, -0.2) is 15.0 Å². The molecule has 0 bridgehead atoms. The van der Waals surface area contributed by atoms with E-state index >= 15 is 0 Å². The van der Waals surface area contributed by atoms with Crippen molar-refractivity contribution in [1.29, 1.82) is 0 Å². The van der Waals surface area contributed by atoms with Crippen LogP contribution in [0.1, 0.15) is 25.0 Å². The number of furan rings is 1. The first-order valence-corrected chi connectivity index (χ1v) is 21.4. The Balaban J connectivity index is 1.16. The Morgan fingerprint density at radius 2 is 1.21 bits per heavy atom. The molecule has 3 heterocycles. The van der Waals surface area contributed by atoms with Gasteiger partial charge in [0.15, 0.2) is 23.1 Å². The van der Waals surface area contributed by atoms with Gasteiger partial charge in [0.05, 0.1) is 27.7 Å². The summed E-state index contributed by atoms with van der Waals surface area (Å²) in [4.78, 5) is 15.2. The maximum absolute atomic E-state index is 7.22. The van der Waals surface area contributed by atoms with Crippen LogP contribution in [0.25, 0.3) is 94.7 Å². The summed E-state index contributed by atoms with van der Waals surface area (Å²) in [6, 6.07) is 55.2. The van der Waals surface area contributed by atoms with E-state index in [9.17, 15) is 0 Å². The monoisotopic (exact) mass is 808 g/mol. The predicted octanol–water partition coefficient (Wildman–Crippen LogP) is 14.7. The molecule has 2 aliphatic carbocycles. The lowest BCUT2D eigenvalue weighted by Crippen LogP contribution is -2.27. The number of aromatic nitrogens is 4. The van der Waals surface area contributed by atoms with E-state index in [-0.39, 0.29) is 0 Å². The van der Waals surface area contributed by atoms with Crippen molar-refractivity contribution in [2.75, 3.05) is 0 Å². The molecule has 12 rings (SSSR count). The normalized spacial score (nSPS) is 16.5. The van der Waals surface area contributed by atoms with Crippen LogP contribution in [0.15, 0.2) is 222 Å². The first kappa shape index (κ1) is 36.7. The second-order valence-electron chi connectivity index (χ2n) is 16.3. The molecule has 2 aliphatic rings. The van der Waals surface area contributed by atoms with Crippen LogP contribution in [0, 0.1) is 0 Å². The van der Waals surface area contributed by atoms with Crippen molar-refractivity contribution >= 4 is 43.7 Å². The molecule has 1 atom stereocenters. The van der Waals surface area contributed by atoms with Crippen molar-refractivity contribution in [2.45, 2.75) is 19.3 Å². The summed E-state index contributed by atoms with van der Waals surface area (Å²) in [5.74, 6) is 1.75. The highest BCUT2D eigenvalue weighted by Gasteiger charge is 2.53. The van der Waals surface area contributed by atoms with Gasteiger partial charge in [-0.05, 0) is 71.0 Å². The van der Waals surface area contributed by atoms with Gasteiger partial charge < -0.3 is 8.98 Å². The molecular formula is C58H40N4O. The van der Waals surface area contributed by atoms with Gasteiger partial charge >= 0.3 is 0 Å². The largest absolute Gasteiger partial charge is 0.453 e. The highest BCUT2D eigenvalue weighted by Crippen LogP contribution is 2.64. The number of nitrogens with zero attached hydrogens (tertiary/aromatic N) is 4. The van der Waals surface area contributed by atoms with E-state index in [1.54, 1.807) is 0 Å². The zero-order chi connectivity index (χ0) is 42.4. The predicted molar refractivity (Wildman–Crippen MR) is 259 cm³/mol. The molecule has 0 radical (unpaired) electrons. The van der Waals surface area contributed by atoms with Crippen molar-refractivity contribution < 1.29 is 4.42 Å². The van der Waals surface area contributed by atoms with E-state index in [1.165, 1.54) is 44.2 Å². The van der Waals surface area contributed by atoms with Gasteiger partial charge in [0, 0.05) is 38.2 Å². The summed E-state index contributed by atoms with van der Waals surface area (Å²) in [6.07, 6.45) is 8.50. The van der Waals surface area contributed by atoms with Crippen molar-refractivity contribution in [2.24, 2.45) is 0 Å². The molecule has 0 aliphatic heterocycles. The zero-order valence-electron chi connectivity index (χ0n) is 34.9. The molecule has 3 aromatic heterocycles. The molecule has 7 aromatic carbocycles. The summed E-state index contributed by atoms with van der Waals surface area (Å²) in [5.41, 5.74) is 16.3. The van der Waals surface area contributed by atoms with E-state index in [2.05, 4.69) is 147 Å². The molecule has 0 saturated heterocycles. The minimum Gasteiger partial charge on any atom is -0.453 e. The minimum absolute atomic E-state index is 0.548. The summed E-state index contributed by atoms with van der Waals surface area (Å²) >= 11 is 0. The van der Waals surface area contributed by atoms with Crippen molar-refractivity contribution in [3.63, 3.8) is 0 Å². The summed E-state index contributed by atoms with van der Waals surface area (Å²) in [7, 11) is 0. The van der Waals surface area contributed by atoms with Gasteiger partial charge in [-0.2, -0.15) is 0 Å². The number of hydrogen-bond donors (Lipinski definition) is 0. The first-order chi connectivity index (χ1) is 31.0. The molecule has 0 N–H and O–H groups in total. The van der Waals surface area contributed by atoms with Crippen molar-refractivity contribution in [3.05, 3.63) is 229 Å². The fraction of sp³-hybridized carbons (Fsp3) is 0.0517. The van der Waals surface area contributed by atoms with E-state index in [0.29, 0.717) is 17.5 Å². The molecule has 1 unspecified atom stereocenters. The molecule has 63 heavy (non-hydrogen) atoms. The van der Waals surface area contributed by atoms with Crippen LogP contribution in [0.3, 0.4) is 0 Å². The van der Waals surface area contributed by atoms with Gasteiger partial charge in [0.2, 0.25) is 0 Å². The Morgan fingerprint density at radius 3 is 1.94 bits per heavy atom. The number of allylic oxidation sites excluding steroid dienone is 8. The van der Waals surface area contributed by atoms with Gasteiger partial charge in [-0.15, -0.1) is 0 Å². The van der Waals surface area contributed by atoms with Gasteiger partial charge in [0.25, 0.3) is 0 Å². The van der Waals surface area contributed by atoms with Crippen molar-refractivity contribution in [1.82, 2.24) is 19.5 Å². The van der Waals surface area contributed by atoms with Crippen LogP contribution in [0.5, 0.6) is 0 Å². The van der Waals surface area contributed by atoms with E-state index in [1.807, 2.05) is 66.7 Å². The Bertz CT molecular complexity index is 3620. The lowest BCUT2D eigenvalue weighted by Gasteiger charge is -2.32. The lowest BCUT2D eigenvalue weighted by atomic mass is 9.69. The summed E-state index contributed by atoms with van der Waals surface area (Å²) in [5, 5.41) is 4.35. The average molecular weight is 809 g/mol. The Morgan fingerprint density at radius 1 is 0.587 bits per heavy atom. The summed E-state index contributed by atoms with van der Waals surface area (Å²) in [6.45, 7) is 13.2. The van der Waals surface area contributed by atoms with E-state index < -0.39 is 5.41 Å². The van der Waals surface area contributed by atoms with Crippen LogP contribution < -0.4 is 0 Å². The third-order valence-corrected chi connectivity index (χ3v) is 13.1. The van der Waals surface area contributed by atoms with E-state index in [4.69, 9.17) is 19.4 Å². The third-order valence-electron chi connectivity index (χ3n) is 13.1. The number of benzene rings is 7. The van der Waals surface area contributed by atoms with Gasteiger partial charge in [-0.1, -0.05) is 177 Å². The van der Waals surface area contributed by atoms with Crippen molar-refractivity contribution in [3.8, 4) is 51.0 Å². The second kappa shape index (κ2) is 13.9. The van der Waals surface area contributed by atoms with Crippen LogP contribution in [0.2, 0.25) is 0 Å². The maximum atomic E-state index is 7.22. The molecule has 5 heteroatoms. The fourth-order valence-corrected chi connectivity index (χ4v) is 10.5. The minimum atomic E-state index is -0.564. The smallest absolute Gasteiger partial charge is 0.167 e. The number of hydrogen-bond acceptors (Lipinski definition) is 4. The van der Waals surface area contributed by atoms with Gasteiger partial charge in [-0.3, -0.25) is 0 Å². The number of rotatable bonds is 6. The quantitative estimate of drug-likeness (QED) is 0.168. The molecule has 1 spiro atoms. The Labute approximate surface area is 365 Å². The van der Waals surface area contributed by atoms with Gasteiger partial charge in [0.1, 0.15) is 5.58 Å².